The summed E-state index contributed by atoms with van der Waals surface area (Å²) in [5, 5.41) is 21.2. The topological polar surface area (TPSA) is 95.0 Å². The van der Waals surface area contributed by atoms with Crippen LogP contribution in [-0.4, -0.2) is 28.8 Å². The molecule has 0 aromatic carbocycles. The van der Waals surface area contributed by atoms with Gasteiger partial charge >= 0.3 is 0 Å². The van der Waals surface area contributed by atoms with E-state index in [1.165, 1.54) is 0 Å². The molecular formula is C11H16N4O. The van der Waals surface area contributed by atoms with E-state index in [4.69, 9.17) is 11.0 Å². The van der Waals surface area contributed by atoms with Gasteiger partial charge < -0.3 is 16.2 Å². The smallest absolute Gasteiger partial charge is 0.144 e. The van der Waals surface area contributed by atoms with Gasteiger partial charge in [0.05, 0.1) is 11.7 Å². The molecule has 1 heterocycles. The van der Waals surface area contributed by atoms with Crippen LogP contribution in [0.3, 0.4) is 0 Å². The average molecular weight is 220 g/mol. The van der Waals surface area contributed by atoms with E-state index in [9.17, 15) is 5.11 Å². The molecule has 0 spiro atoms. The Balaban J connectivity index is 2.75. The summed E-state index contributed by atoms with van der Waals surface area (Å²) in [4.78, 5) is 4.07. The minimum Gasteiger partial charge on any atom is -0.392 e. The van der Waals surface area contributed by atoms with Crippen molar-refractivity contribution in [1.82, 2.24) is 4.98 Å². The summed E-state index contributed by atoms with van der Waals surface area (Å²) in [6.07, 6.45) is 1.04. The van der Waals surface area contributed by atoms with Gasteiger partial charge in [0.2, 0.25) is 0 Å². The Kier molecular flexibility index (Phi) is 4.23. The van der Waals surface area contributed by atoms with Gasteiger partial charge in [-0.25, -0.2) is 4.98 Å². The fourth-order valence-corrected chi connectivity index (χ4v) is 1.22. The molecule has 2 atom stereocenters. The van der Waals surface area contributed by atoms with Crippen LogP contribution in [0.5, 0.6) is 0 Å². The maximum Gasteiger partial charge on any atom is 0.144 e. The maximum atomic E-state index is 9.23. The summed E-state index contributed by atoms with van der Waals surface area (Å²) in [5.41, 5.74) is 7.05. The quantitative estimate of drug-likeness (QED) is 0.682. The number of nitrogens with two attached hydrogens (primary N) is 1. The maximum absolute atomic E-state index is 9.23. The third-order valence-corrected chi connectivity index (χ3v) is 2.40. The molecule has 0 saturated carbocycles. The Bertz CT molecular complexity index is 397. The summed E-state index contributed by atoms with van der Waals surface area (Å²) >= 11 is 0. The number of aliphatic hydroxyl groups is 1. The molecule has 5 heteroatoms. The largest absolute Gasteiger partial charge is 0.392 e. The highest BCUT2D eigenvalue weighted by Crippen LogP contribution is 2.14. The Morgan fingerprint density at radius 1 is 1.69 bits per heavy atom. The van der Waals surface area contributed by atoms with Crippen molar-refractivity contribution in [2.75, 3.05) is 11.9 Å². The lowest BCUT2D eigenvalue weighted by Crippen LogP contribution is -2.38. The average Bonchev–Trinajstić information content (AvgIpc) is 2.25. The van der Waals surface area contributed by atoms with Gasteiger partial charge in [-0.3, -0.25) is 0 Å². The van der Waals surface area contributed by atoms with E-state index in [0.29, 0.717) is 17.9 Å². The van der Waals surface area contributed by atoms with Gasteiger partial charge in [0.15, 0.2) is 0 Å². The summed E-state index contributed by atoms with van der Waals surface area (Å²) < 4.78 is 0. The molecule has 2 unspecified atom stereocenters. The van der Waals surface area contributed by atoms with Crippen molar-refractivity contribution in [1.29, 1.82) is 5.26 Å². The van der Waals surface area contributed by atoms with Gasteiger partial charge in [0.1, 0.15) is 11.9 Å². The van der Waals surface area contributed by atoms with Crippen molar-refractivity contribution in [3.8, 4) is 6.07 Å². The second-order valence-electron chi connectivity index (χ2n) is 3.75. The Morgan fingerprint density at radius 3 is 2.94 bits per heavy atom. The van der Waals surface area contributed by atoms with Crippen molar-refractivity contribution in [2.45, 2.75) is 26.0 Å². The lowest BCUT2D eigenvalue weighted by molar-refractivity contribution is 0.168. The van der Waals surface area contributed by atoms with Gasteiger partial charge in [-0.15, -0.1) is 0 Å². The molecule has 1 aromatic rings. The highest BCUT2D eigenvalue weighted by Gasteiger charge is 2.11. The Labute approximate surface area is 94.9 Å². The standard InChI is InChI=1S/C11H16N4O/c1-7-3-4-14-11(9(7)5-12)15-6-10(13)8(2)16/h3-4,8,10,16H,6,13H2,1-2H3,(H,14,15). The van der Waals surface area contributed by atoms with Crippen LogP contribution in [0.2, 0.25) is 0 Å². The van der Waals surface area contributed by atoms with Crippen molar-refractivity contribution in [3.63, 3.8) is 0 Å². The minimum absolute atomic E-state index is 0.378. The minimum atomic E-state index is -0.595. The Morgan fingerprint density at radius 2 is 2.38 bits per heavy atom. The molecule has 16 heavy (non-hydrogen) atoms. The molecule has 0 fully saturated rings. The summed E-state index contributed by atoms with van der Waals surface area (Å²) in [6, 6.07) is 3.48. The lowest BCUT2D eigenvalue weighted by atomic mass is 10.1. The van der Waals surface area contributed by atoms with Gasteiger partial charge in [0, 0.05) is 18.8 Å². The monoisotopic (exact) mass is 220 g/mol. The number of rotatable bonds is 4. The van der Waals surface area contributed by atoms with Crippen LogP contribution in [0.15, 0.2) is 12.3 Å². The number of nitrogens with zero attached hydrogens (tertiary/aromatic N) is 2. The van der Waals surface area contributed by atoms with Crippen molar-refractivity contribution in [3.05, 3.63) is 23.4 Å². The zero-order chi connectivity index (χ0) is 12.1. The van der Waals surface area contributed by atoms with E-state index >= 15 is 0 Å². The molecule has 0 saturated heterocycles. The first kappa shape index (κ1) is 12.4. The molecule has 0 aliphatic heterocycles. The van der Waals surface area contributed by atoms with Gasteiger partial charge in [-0.05, 0) is 25.5 Å². The normalized spacial score (nSPS) is 13.9. The summed E-state index contributed by atoms with van der Waals surface area (Å²) in [5.74, 6) is 0.513. The van der Waals surface area contributed by atoms with Crippen molar-refractivity contribution >= 4 is 5.82 Å². The summed E-state index contributed by atoms with van der Waals surface area (Å²) in [7, 11) is 0. The molecule has 0 bridgehead atoms. The number of aromatic nitrogens is 1. The van der Waals surface area contributed by atoms with Gasteiger partial charge in [-0.1, -0.05) is 0 Å². The van der Waals surface area contributed by atoms with Gasteiger partial charge in [0.25, 0.3) is 0 Å². The number of nitriles is 1. The molecule has 5 nitrogen and oxygen atoms in total. The first-order chi connectivity index (χ1) is 7.56. The molecule has 4 N–H and O–H groups in total. The Hall–Kier alpha value is -1.64. The molecule has 0 aliphatic carbocycles. The lowest BCUT2D eigenvalue weighted by Gasteiger charge is -2.16. The first-order valence-electron chi connectivity index (χ1n) is 5.09. The number of hydrogen-bond donors (Lipinski definition) is 3. The fourth-order valence-electron chi connectivity index (χ4n) is 1.22. The molecule has 0 radical (unpaired) electrons. The SMILES string of the molecule is Cc1ccnc(NCC(N)C(C)O)c1C#N. The number of hydrogen-bond acceptors (Lipinski definition) is 5. The second-order valence-corrected chi connectivity index (χ2v) is 3.75. The van der Waals surface area contributed by atoms with Crippen LogP contribution >= 0.6 is 0 Å². The van der Waals surface area contributed by atoms with Crippen LogP contribution < -0.4 is 11.1 Å². The molecule has 0 amide bonds. The predicted molar refractivity (Wildman–Crippen MR) is 61.8 cm³/mol. The molecule has 0 aliphatic rings. The van der Waals surface area contributed by atoms with Crippen LogP contribution in [-0.2, 0) is 0 Å². The van der Waals surface area contributed by atoms with E-state index in [1.807, 2.05) is 6.92 Å². The molecule has 1 rings (SSSR count). The third kappa shape index (κ3) is 2.92. The van der Waals surface area contributed by atoms with Crippen LogP contribution in [0, 0.1) is 18.3 Å². The van der Waals surface area contributed by atoms with E-state index in [-0.39, 0.29) is 6.04 Å². The molecule has 1 aromatic heterocycles. The number of nitrogens with one attached hydrogen (secondary N) is 1. The number of pyridine rings is 1. The van der Waals surface area contributed by atoms with E-state index in [0.717, 1.165) is 5.56 Å². The highest BCUT2D eigenvalue weighted by molar-refractivity contribution is 5.55. The summed E-state index contributed by atoms with van der Waals surface area (Å²) in [6.45, 7) is 3.85. The molecular weight excluding hydrogens is 204 g/mol. The number of aryl methyl sites for hydroxylation is 1. The first-order valence-corrected chi connectivity index (χ1v) is 5.09. The van der Waals surface area contributed by atoms with Crippen LogP contribution in [0.4, 0.5) is 5.82 Å². The highest BCUT2D eigenvalue weighted by atomic mass is 16.3. The predicted octanol–water partition coefficient (Wildman–Crippen LogP) is 0.382. The van der Waals surface area contributed by atoms with Gasteiger partial charge in [-0.2, -0.15) is 5.26 Å². The van der Waals surface area contributed by atoms with Crippen molar-refractivity contribution in [2.24, 2.45) is 5.73 Å². The van der Waals surface area contributed by atoms with E-state index in [1.54, 1.807) is 19.2 Å². The third-order valence-electron chi connectivity index (χ3n) is 2.40. The number of aliphatic hydroxyl groups excluding tert-OH is 1. The van der Waals surface area contributed by atoms with Crippen LogP contribution in [0.25, 0.3) is 0 Å². The van der Waals surface area contributed by atoms with E-state index < -0.39 is 6.10 Å². The van der Waals surface area contributed by atoms with Crippen LogP contribution in [0.1, 0.15) is 18.1 Å². The fraction of sp³-hybridized carbons (Fsp3) is 0.455. The second kappa shape index (κ2) is 5.45. The zero-order valence-electron chi connectivity index (χ0n) is 9.44. The molecule has 86 valence electrons. The number of anilines is 1. The van der Waals surface area contributed by atoms with E-state index in [2.05, 4.69) is 16.4 Å². The zero-order valence-corrected chi connectivity index (χ0v) is 9.44. The van der Waals surface area contributed by atoms with Crippen molar-refractivity contribution < 1.29 is 5.11 Å².